The molecule has 0 saturated carbocycles. The second-order valence-electron chi connectivity index (χ2n) is 6.15. The predicted molar refractivity (Wildman–Crippen MR) is 108 cm³/mol. The van der Waals surface area contributed by atoms with Gasteiger partial charge in [-0.15, -0.1) is 0 Å². The Hall–Kier alpha value is -2.48. The molecule has 1 aromatic carbocycles. The first-order valence-electron chi connectivity index (χ1n) is 9.14. The third-order valence-electron chi connectivity index (χ3n) is 4.27. The molecule has 2 heterocycles. The molecular weight excluding hydrogens is 380 g/mol. The van der Waals surface area contributed by atoms with Gasteiger partial charge in [-0.2, -0.15) is 5.10 Å². The number of halogens is 1. The Bertz CT molecular complexity index is 958. The van der Waals surface area contributed by atoms with Gasteiger partial charge in [0, 0.05) is 36.9 Å². The number of nitrogens with zero attached hydrogens (tertiary/aromatic N) is 3. The number of carbonyl (C=O) groups excluding carboxylic acids is 1. The minimum absolute atomic E-state index is 0.307. The number of pyridine rings is 1. The fraction of sp³-hybridized carbons (Fsp3) is 0.350. The first-order valence-corrected chi connectivity index (χ1v) is 9.51. The molecule has 0 atom stereocenters. The number of nitrogens with one attached hydrogen (secondary N) is 1. The van der Waals surface area contributed by atoms with Crippen molar-refractivity contribution in [2.45, 2.75) is 19.9 Å². The van der Waals surface area contributed by atoms with Crippen LogP contribution in [0.25, 0.3) is 16.6 Å². The monoisotopic (exact) mass is 402 g/mol. The zero-order valence-corrected chi connectivity index (χ0v) is 16.7. The molecule has 0 aliphatic rings. The summed E-state index contributed by atoms with van der Waals surface area (Å²) in [5, 5.41) is 9.32. The van der Waals surface area contributed by atoms with Gasteiger partial charge in [0.05, 0.1) is 29.7 Å². The summed E-state index contributed by atoms with van der Waals surface area (Å²) < 4.78 is 12.0. The van der Waals surface area contributed by atoms with Crippen molar-refractivity contribution in [1.29, 1.82) is 0 Å². The van der Waals surface area contributed by atoms with Crippen LogP contribution in [-0.4, -0.2) is 47.6 Å². The van der Waals surface area contributed by atoms with Crippen LogP contribution >= 0.6 is 11.6 Å². The van der Waals surface area contributed by atoms with E-state index in [2.05, 4.69) is 15.4 Å². The summed E-state index contributed by atoms with van der Waals surface area (Å²) in [6.07, 6.45) is 4.12. The van der Waals surface area contributed by atoms with Crippen LogP contribution in [0.4, 0.5) is 0 Å². The van der Waals surface area contributed by atoms with E-state index in [1.165, 1.54) is 0 Å². The Morgan fingerprint density at radius 3 is 2.96 bits per heavy atom. The van der Waals surface area contributed by atoms with Crippen molar-refractivity contribution in [3.63, 3.8) is 0 Å². The van der Waals surface area contributed by atoms with E-state index in [0.29, 0.717) is 30.3 Å². The van der Waals surface area contributed by atoms with Crippen molar-refractivity contribution in [3.05, 3.63) is 52.9 Å². The maximum Gasteiger partial charge on any atom is 0.341 e. The lowest BCUT2D eigenvalue weighted by Crippen LogP contribution is -2.21. The molecule has 0 amide bonds. The quantitative estimate of drug-likeness (QED) is 0.436. The molecule has 3 rings (SSSR count). The zero-order chi connectivity index (χ0) is 19.9. The van der Waals surface area contributed by atoms with Crippen LogP contribution in [0.15, 0.2) is 36.7 Å². The molecule has 0 spiro atoms. The van der Waals surface area contributed by atoms with E-state index in [1.807, 2.05) is 18.2 Å². The summed E-state index contributed by atoms with van der Waals surface area (Å²) >= 11 is 6.10. The number of methoxy groups -OCH3 is 1. The molecule has 28 heavy (non-hydrogen) atoms. The van der Waals surface area contributed by atoms with Crippen molar-refractivity contribution < 1.29 is 14.3 Å². The first-order chi connectivity index (χ1) is 13.7. The standard InChI is InChI=1S/C20H23ClN4O3/c1-3-28-20(26)16-12-24-25(19(16)13-22-8-4-10-27-2)18-7-9-23-17-11-14(21)5-6-15(17)18/h5-7,9,11-12,22H,3-4,8,10,13H2,1-2H3. The topological polar surface area (TPSA) is 78.3 Å². The molecule has 1 N–H and O–H groups in total. The molecular formula is C20H23ClN4O3. The van der Waals surface area contributed by atoms with Gasteiger partial charge >= 0.3 is 5.97 Å². The summed E-state index contributed by atoms with van der Waals surface area (Å²) in [5.74, 6) is -0.385. The van der Waals surface area contributed by atoms with E-state index >= 15 is 0 Å². The average Bonchev–Trinajstić information content (AvgIpc) is 3.11. The smallest absolute Gasteiger partial charge is 0.341 e. The van der Waals surface area contributed by atoms with Crippen molar-refractivity contribution in [3.8, 4) is 5.69 Å². The number of hydrogen-bond donors (Lipinski definition) is 1. The van der Waals surface area contributed by atoms with E-state index in [4.69, 9.17) is 21.1 Å². The highest BCUT2D eigenvalue weighted by Crippen LogP contribution is 2.25. The number of aromatic nitrogens is 3. The minimum Gasteiger partial charge on any atom is -0.462 e. The largest absolute Gasteiger partial charge is 0.462 e. The Kier molecular flexibility index (Phi) is 6.97. The molecule has 0 fully saturated rings. The number of ether oxygens (including phenoxy) is 2. The van der Waals surface area contributed by atoms with Gasteiger partial charge in [-0.05, 0) is 44.2 Å². The highest BCUT2D eigenvalue weighted by atomic mass is 35.5. The molecule has 0 radical (unpaired) electrons. The van der Waals surface area contributed by atoms with Crippen LogP contribution in [0.1, 0.15) is 29.4 Å². The van der Waals surface area contributed by atoms with Gasteiger partial charge in [-0.3, -0.25) is 4.98 Å². The van der Waals surface area contributed by atoms with Gasteiger partial charge in [0.2, 0.25) is 0 Å². The summed E-state index contributed by atoms with van der Waals surface area (Å²) in [6.45, 7) is 3.99. The number of hydrogen-bond acceptors (Lipinski definition) is 6. The fourth-order valence-electron chi connectivity index (χ4n) is 2.97. The molecule has 8 heteroatoms. The van der Waals surface area contributed by atoms with Crippen molar-refractivity contribution in [1.82, 2.24) is 20.1 Å². The molecule has 3 aromatic rings. The van der Waals surface area contributed by atoms with Crippen LogP contribution in [0.5, 0.6) is 0 Å². The van der Waals surface area contributed by atoms with E-state index in [1.54, 1.807) is 37.2 Å². The highest BCUT2D eigenvalue weighted by molar-refractivity contribution is 6.31. The van der Waals surface area contributed by atoms with Gasteiger partial charge in [-0.1, -0.05) is 11.6 Å². The molecule has 0 aliphatic heterocycles. The third-order valence-corrected chi connectivity index (χ3v) is 4.50. The average molecular weight is 403 g/mol. The maximum absolute atomic E-state index is 12.4. The Balaban J connectivity index is 1.99. The zero-order valence-electron chi connectivity index (χ0n) is 15.9. The molecule has 148 valence electrons. The summed E-state index contributed by atoms with van der Waals surface area (Å²) in [5.41, 5.74) is 2.77. The lowest BCUT2D eigenvalue weighted by atomic mass is 10.1. The Labute approximate surface area is 168 Å². The summed E-state index contributed by atoms with van der Waals surface area (Å²) in [4.78, 5) is 16.8. The Morgan fingerprint density at radius 1 is 1.32 bits per heavy atom. The molecule has 2 aromatic heterocycles. The van der Waals surface area contributed by atoms with Crippen molar-refractivity contribution in [2.75, 3.05) is 26.9 Å². The van der Waals surface area contributed by atoms with Crippen molar-refractivity contribution >= 4 is 28.5 Å². The van der Waals surface area contributed by atoms with Crippen LogP contribution in [0.3, 0.4) is 0 Å². The number of esters is 1. The second-order valence-corrected chi connectivity index (χ2v) is 6.59. The van der Waals surface area contributed by atoms with Crippen LogP contribution in [0, 0.1) is 0 Å². The van der Waals surface area contributed by atoms with Gasteiger partial charge < -0.3 is 14.8 Å². The SMILES string of the molecule is CCOC(=O)c1cnn(-c2ccnc3cc(Cl)ccc23)c1CNCCCOC. The number of fused-ring (bicyclic) bond motifs is 1. The Morgan fingerprint density at radius 2 is 2.18 bits per heavy atom. The lowest BCUT2D eigenvalue weighted by molar-refractivity contribution is 0.0525. The van der Waals surface area contributed by atoms with Crippen LogP contribution in [0.2, 0.25) is 5.02 Å². The molecule has 0 aliphatic carbocycles. The van der Waals surface area contributed by atoms with E-state index in [-0.39, 0.29) is 5.97 Å². The van der Waals surface area contributed by atoms with Gasteiger partial charge in [0.1, 0.15) is 5.56 Å². The molecule has 0 unspecified atom stereocenters. The number of carbonyl (C=O) groups is 1. The third kappa shape index (κ3) is 4.49. The minimum atomic E-state index is -0.385. The number of benzene rings is 1. The molecule has 0 bridgehead atoms. The number of rotatable bonds is 9. The van der Waals surface area contributed by atoms with Gasteiger partial charge in [0.15, 0.2) is 0 Å². The predicted octanol–water partition coefficient (Wildman–Crippen LogP) is 3.38. The van der Waals surface area contributed by atoms with Crippen LogP contribution < -0.4 is 5.32 Å². The molecule has 0 saturated heterocycles. The van der Waals surface area contributed by atoms with E-state index in [9.17, 15) is 4.79 Å². The van der Waals surface area contributed by atoms with Gasteiger partial charge in [0.25, 0.3) is 0 Å². The van der Waals surface area contributed by atoms with E-state index in [0.717, 1.165) is 35.2 Å². The van der Waals surface area contributed by atoms with Gasteiger partial charge in [-0.25, -0.2) is 9.48 Å². The van der Waals surface area contributed by atoms with Crippen molar-refractivity contribution in [2.24, 2.45) is 0 Å². The fourth-order valence-corrected chi connectivity index (χ4v) is 3.14. The van der Waals surface area contributed by atoms with E-state index < -0.39 is 0 Å². The molecule has 7 nitrogen and oxygen atoms in total. The first kappa shape index (κ1) is 20.3. The second kappa shape index (κ2) is 9.64. The normalized spacial score (nSPS) is 11.1. The highest BCUT2D eigenvalue weighted by Gasteiger charge is 2.20. The summed E-state index contributed by atoms with van der Waals surface area (Å²) in [7, 11) is 1.68. The summed E-state index contributed by atoms with van der Waals surface area (Å²) in [6, 6.07) is 7.39. The van der Waals surface area contributed by atoms with Crippen LogP contribution in [-0.2, 0) is 16.0 Å². The maximum atomic E-state index is 12.4. The lowest BCUT2D eigenvalue weighted by Gasteiger charge is -2.13.